The summed E-state index contributed by atoms with van der Waals surface area (Å²) in [6.07, 6.45) is 5.82. The van der Waals surface area contributed by atoms with Crippen LogP contribution in [0, 0.1) is 6.92 Å². The number of nitrogens with one attached hydrogen (secondary N) is 1. The highest BCUT2D eigenvalue weighted by Crippen LogP contribution is 2.26. The zero-order valence-electron chi connectivity index (χ0n) is 15.1. The van der Waals surface area contributed by atoms with Crippen molar-refractivity contribution in [3.63, 3.8) is 0 Å². The zero-order valence-corrected chi connectivity index (χ0v) is 15.1. The third kappa shape index (κ3) is 3.53. The van der Waals surface area contributed by atoms with Gasteiger partial charge >= 0.3 is 0 Å². The minimum Gasteiger partial charge on any atom is -0.368 e. The molecule has 0 aromatic carbocycles. The van der Waals surface area contributed by atoms with Crippen molar-refractivity contribution >= 4 is 11.6 Å². The fourth-order valence-corrected chi connectivity index (χ4v) is 3.71. The van der Waals surface area contributed by atoms with Crippen molar-refractivity contribution in [2.75, 3.05) is 44.2 Å². The van der Waals surface area contributed by atoms with Crippen molar-refractivity contribution in [3.8, 4) is 0 Å². The molecule has 2 aliphatic heterocycles. The molecule has 0 radical (unpaired) electrons. The lowest BCUT2D eigenvalue weighted by Crippen LogP contribution is -2.49. The number of hydrogen-bond acceptors (Lipinski definition) is 6. The molecular formula is C19H24N6O. The highest BCUT2D eigenvalue weighted by atomic mass is 16.2. The maximum Gasteiger partial charge on any atom is 0.274 e. The van der Waals surface area contributed by atoms with E-state index in [9.17, 15) is 4.79 Å². The molecule has 136 valence electrons. The topological polar surface area (TPSA) is 74.2 Å². The molecule has 7 heteroatoms. The second kappa shape index (κ2) is 7.37. The van der Waals surface area contributed by atoms with E-state index in [2.05, 4.69) is 39.2 Å². The van der Waals surface area contributed by atoms with E-state index < -0.39 is 0 Å². The second-order valence-corrected chi connectivity index (χ2v) is 6.95. The highest BCUT2D eigenvalue weighted by Gasteiger charge is 2.25. The average molecular weight is 352 g/mol. The van der Waals surface area contributed by atoms with Gasteiger partial charge in [-0.1, -0.05) is 0 Å². The number of aromatic nitrogens is 3. The summed E-state index contributed by atoms with van der Waals surface area (Å²) < 4.78 is 0. The van der Waals surface area contributed by atoms with Gasteiger partial charge in [0.05, 0.1) is 6.20 Å². The highest BCUT2D eigenvalue weighted by molar-refractivity contribution is 5.92. The summed E-state index contributed by atoms with van der Waals surface area (Å²) in [6, 6.07) is 4.37. The Balaban J connectivity index is 1.44. The molecule has 26 heavy (non-hydrogen) atoms. The van der Waals surface area contributed by atoms with E-state index in [0.29, 0.717) is 24.7 Å². The van der Waals surface area contributed by atoms with Gasteiger partial charge in [-0.15, -0.1) is 0 Å². The van der Waals surface area contributed by atoms with Gasteiger partial charge in [0.15, 0.2) is 0 Å². The second-order valence-electron chi connectivity index (χ2n) is 6.95. The van der Waals surface area contributed by atoms with E-state index in [1.54, 1.807) is 12.4 Å². The van der Waals surface area contributed by atoms with Crippen LogP contribution in [-0.4, -0.2) is 65.0 Å². The van der Waals surface area contributed by atoms with Crippen LogP contribution < -0.4 is 10.2 Å². The number of aryl methyl sites for hydroxylation is 1. The predicted octanol–water partition coefficient (Wildman–Crippen LogP) is 1.22. The number of hydrogen-bond donors (Lipinski definition) is 1. The first kappa shape index (κ1) is 16.9. The maximum absolute atomic E-state index is 12.5. The Morgan fingerprint density at radius 1 is 1.19 bits per heavy atom. The summed E-state index contributed by atoms with van der Waals surface area (Å²) >= 11 is 0. The van der Waals surface area contributed by atoms with E-state index in [1.807, 2.05) is 4.90 Å². The van der Waals surface area contributed by atoms with Crippen LogP contribution in [0.4, 0.5) is 5.69 Å². The van der Waals surface area contributed by atoms with E-state index in [0.717, 1.165) is 38.3 Å². The SMILES string of the molecule is Cc1cc(N2CCN(C(=O)c3cnccn3)CC2)cc(C2CCNC2)n1. The molecule has 2 aromatic rings. The van der Waals surface area contributed by atoms with Gasteiger partial charge in [-0.05, 0) is 32.0 Å². The van der Waals surface area contributed by atoms with Crippen molar-refractivity contribution in [1.29, 1.82) is 0 Å². The first-order valence-corrected chi connectivity index (χ1v) is 9.20. The molecule has 4 heterocycles. The Bertz CT molecular complexity index is 767. The number of pyridine rings is 1. The molecule has 0 spiro atoms. The van der Waals surface area contributed by atoms with Gasteiger partial charge in [-0.2, -0.15) is 0 Å². The first-order valence-electron chi connectivity index (χ1n) is 9.20. The van der Waals surface area contributed by atoms with Crippen molar-refractivity contribution in [1.82, 2.24) is 25.2 Å². The van der Waals surface area contributed by atoms with Gasteiger partial charge in [0, 0.05) is 68.1 Å². The van der Waals surface area contributed by atoms with Crippen LogP contribution >= 0.6 is 0 Å². The number of nitrogens with zero attached hydrogens (tertiary/aromatic N) is 5. The molecule has 2 fully saturated rings. The number of carbonyl (C=O) groups excluding carboxylic acids is 1. The fourth-order valence-electron chi connectivity index (χ4n) is 3.71. The third-order valence-electron chi connectivity index (χ3n) is 5.15. The summed E-state index contributed by atoms with van der Waals surface area (Å²) in [5, 5.41) is 3.41. The maximum atomic E-state index is 12.5. The van der Waals surface area contributed by atoms with Crippen LogP contribution in [-0.2, 0) is 0 Å². The van der Waals surface area contributed by atoms with Gasteiger partial charge in [0.25, 0.3) is 5.91 Å². The van der Waals surface area contributed by atoms with Crippen LogP contribution in [0.25, 0.3) is 0 Å². The van der Waals surface area contributed by atoms with Crippen molar-refractivity contribution < 1.29 is 4.79 Å². The Kier molecular flexibility index (Phi) is 4.79. The van der Waals surface area contributed by atoms with Crippen molar-refractivity contribution in [2.45, 2.75) is 19.3 Å². The van der Waals surface area contributed by atoms with E-state index >= 15 is 0 Å². The Hall–Kier alpha value is -2.54. The van der Waals surface area contributed by atoms with E-state index in [4.69, 9.17) is 4.98 Å². The lowest BCUT2D eigenvalue weighted by molar-refractivity contribution is 0.0740. The van der Waals surface area contributed by atoms with Gasteiger partial charge < -0.3 is 15.1 Å². The van der Waals surface area contributed by atoms with Gasteiger partial charge in [-0.3, -0.25) is 14.8 Å². The number of carbonyl (C=O) groups is 1. The summed E-state index contributed by atoms with van der Waals surface area (Å²) in [5.74, 6) is 0.467. The number of amides is 1. The first-order chi connectivity index (χ1) is 12.7. The fraction of sp³-hybridized carbons (Fsp3) is 0.474. The molecule has 1 N–H and O–H groups in total. The largest absolute Gasteiger partial charge is 0.368 e. The monoisotopic (exact) mass is 352 g/mol. The summed E-state index contributed by atoms with van der Waals surface area (Å²) in [7, 11) is 0. The average Bonchev–Trinajstić information content (AvgIpc) is 3.23. The van der Waals surface area contributed by atoms with E-state index in [1.165, 1.54) is 17.6 Å². The molecule has 1 unspecified atom stereocenters. The lowest BCUT2D eigenvalue weighted by Gasteiger charge is -2.36. The minimum absolute atomic E-state index is 0.0404. The molecule has 7 nitrogen and oxygen atoms in total. The number of piperazine rings is 1. The van der Waals surface area contributed by atoms with Crippen LogP contribution in [0.2, 0.25) is 0 Å². The van der Waals surface area contributed by atoms with E-state index in [-0.39, 0.29) is 5.91 Å². The number of anilines is 1. The minimum atomic E-state index is -0.0404. The van der Waals surface area contributed by atoms with Crippen LogP contribution in [0.3, 0.4) is 0 Å². The third-order valence-corrected chi connectivity index (χ3v) is 5.15. The Labute approximate surface area is 153 Å². The Morgan fingerprint density at radius 3 is 2.73 bits per heavy atom. The summed E-state index contributed by atoms with van der Waals surface area (Å²) in [5.41, 5.74) is 3.87. The molecule has 1 amide bonds. The Morgan fingerprint density at radius 2 is 2.04 bits per heavy atom. The van der Waals surface area contributed by atoms with Crippen LogP contribution in [0.15, 0.2) is 30.7 Å². The molecule has 2 saturated heterocycles. The van der Waals surface area contributed by atoms with Gasteiger partial charge in [0.2, 0.25) is 0 Å². The van der Waals surface area contributed by atoms with Crippen LogP contribution in [0.5, 0.6) is 0 Å². The summed E-state index contributed by atoms with van der Waals surface area (Å²) in [4.78, 5) is 29.6. The lowest BCUT2D eigenvalue weighted by atomic mass is 10.0. The van der Waals surface area contributed by atoms with Crippen molar-refractivity contribution in [3.05, 3.63) is 47.8 Å². The molecule has 1 atom stereocenters. The molecule has 0 saturated carbocycles. The predicted molar refractivity (Wildman–Crippen MR) is 99.4 cm³/mol. The summed E-state index contributed by atoms with van der Waals surface area (Å²) in [6.45, 7) is 7.15. The normalized spacial score (nSPS) is 20.4. The molecule has 0 bridgehead atoms. The molecular weight excluding hydrogens is 328 g/mol. The molecule has 0 aliphatic carbocycles. The molecule has 2 aliphatic rings. The smallest absolute Gasteiger partial charge is 0.274 e. The number of rotatable bonds is 3. The molecule has 2 aromatic heterocycles. The standard InChI is InChI=1S/C19H24N6O/c1-14-10-16(11-17(23-14)15-2-3-20-12-15)24-6-8-25(9-7-24)19(26)18-13-21-4-5-22-18/h4-5,10-11,13,15,20H,2-3,6-9,12H2,1H3. The zero-order chi connectivity index (χ0) is 17.9. The van der Waals surface area contributed by atoms with Gasteiger partial charge in [0.1, 0.15) is 5.69 Å². The van der Waals surface area contributed by atoms with Crippen LogP contribution in [0.1, 0.15) is 34.2 Å². The molecule has 4 rings (SSSR count). The van der Waals surface area contributed by atoms with Gasteiger partial charge in [-0.25, -0.2) is 4.98 Å². The van der Waals surface area contributed by atoms with Crippen molar-refractivity contribution in [2.24, 2.45) is 0 Å². The quantitative estimate of drug-likeness (QED) is 0.895.